The Hall–Kier alpha value is -1.15. The number of likely N-dealkylation sites (tertiary alicyclic amines) is 1. The summed E-state index contributed by atoms with van der Waals surface area (Å²) < 4.78 is 0. The molecule has 0 aromatic heterocycles. The van der Waals surface area contributed by atoms with Crippen LogP contribution >= 0.6 is 0 Å². The Morgan fingerprint density at radius 3 is 2.33 bits per heavy atom. The van der Waals surface area contributed by atoms with E-state index in [4.69, 9.17) is 0 Å². The van der Waals surface area contributed by atoms with E-state index in [-0.39, 0.29) is 6.04 Å². The summed E-state index contributed by atoms with van der Waals surface area (Å²) in [6.07, 6.45) is 3.05. The van der Waals surface area contributed by atoms with Gasteiger partial charge in [-0.05, 0) is 63.4 Å². The lowest BCUT2D eigenvalue weighted by atomic mass is 9.96. The number of nitrogens with zero attached hydrogens (tertiary/aromatic N) is 1. The van der Waals surface area contributed by atoms with Crippen LogP contribution in [-0.4, -0.2) is 29.8 Å². The van der Waals surface area contributed by atoms with Crippen LogP contribution in [0.15, 0.2) is 18.2 Å². The molecule has 0 radical (unpaired) electrons. The minimum atomic E-state index is 0.0755. The van der Waals surface area contributed by atoms with E-state index in [2.05, 4.69) is 43.9 Å². The third-order valence-electron chi connectivity index (χ3n) is 4.15. The van der Waals surface area contributed by atoms with Crippen LogP contribution in [0.5, 0.6) is 0 Å². The molecule has 1 fully saturated rings. The molecule has 18 heavy (non-hydrogen) atoms. The van der Waals surface area contributed by atoms with Crippen LogP contribution in [0.1, 0.15) is 36.5 Å². The van der Waals surface area contributed by atoms with Gasteiger partial charge in [-0.1, -0.05) is 18.2 Å². The van der Waals surface area contributed by atoms with Gasteiger partial charge in [-0.3, -0.25) is 9.69 Å². The number of hydrogen-bond donors (Lipinski definition) is 0. The Morgan fingerprint density at radius 1 is 1.22 bits per heavy atom. The lowest BCUT2D eigenvalue weighted by molar-refractivity contribution is -0.122. The summed E-state index contributed by atoms with van der Waals surface area (Å²) >= 11 is 0. The summed E-state index contributed by atoms with van der Waals surface area (Å²) in [5.41, 5.74) is 3.68. The second-order valence-electron chi connectivity index (χ2n) is 5.43. The molecule has 0 saturated carbocycles. The third kappa shape index (κ3) is 2.81. The average Bonchev–Trinajstić information content (AvgIpc) is 2.86. The molecular weight excluding hydrogens is 222 g/mol. The molecule has 2 rings (SSSR count). The number of benzene rings is 1. The third-order valence-corrected chi connectivity index (χ3v) is 4.15. The molecule has 1 unspecified atom stereocenters. The molecule has 1 aromatic rings. The van der Waals surface area contributed by atoms with Crippen molar-refractivity contribution < 1.29 is 4.79 Å². The first-order valence-corrected chi connectivity index (χ1v) is 6.91. The largest absolute Gasteiger partial charge is 0.298 e. The van der Waals surface area contributed by atoms with Crippen LogP contribution in [0.25, 0.3) is 0 Å². The number of Topliss-reactive ketones (excluding diaryl/α,β-unsaturated/α-hetero) is 1. The fourth-order valence-electron chi connectivity index (χ4n) is 2.78. The van der Waals surface area contributed by atoms with Gasteiger partial charge in [0.15, 0.2) is 5.78 Å². The van der Waals surface area contributed by atoms with Crippen molar-refractivity contribution in [3.05, 3.63) is 34.9 Å². The van der Waals surface area contributed by atoms with Crippen molar-refractivity contribution >= 4 is 5.78 Å². The monoisotopic (exact) mass is 245 g/mol. The maximum absolute atomic E-state index is 12.4. The van der Waals surface area contributed by atoms with E-state index < -0.39 is 0 Å². The average molecular weight is 245 g/mol. The minimum Gasteiger partial charge on any atom is -0.298 e. The van der Waals surface area contributed by atoms with Gasteiger partial charge in [0.1, 0.15) is 0 Å². The lowest BCUT2D eigenvalue weighted by Gasteiger charge is -2.23. The van der Waals surface area contributed by atoms with Crippen molar-refractivity contribution in [1.29, 1.82) is 0 Å². The molecule has 1 aliphatic rings. The molecule has 0 aliphatic carbocycles. The molecule has 1 aliphatic heterocycles. The van der Waals surface area contributed by atoms with Gasteiger partial charge in [0.05, 0.1) is 6.04 Å². The second kappa shape index (κ2) is 5.66. The molecular formula is C16H23NO. The summed E-state index contributed by atoms with van der Waals surface area (Å²) in [5, 5.41) is 0. The van der Waals surface area contributed by atoms with Gasteiger partial charge in [-0.25, -0.2) is 0 Å². The van der Waals surface area contributed by atoms with Gasteiger partial charge in [0, 0.05) is 6.42 Å². The zero-order valence-corrected chi connectivity index (χ0v) is 11.7. The van der Waals surface area contributed by atoms with E-state index in [0.29, 0.717) is 12.2 Å². The molecule has 98 valence electrons. The quantitative estimate of drug-likeness (QED) is 0.813. The SMILES string of the molecule is Cc1cccc(C)c1CC(=O)C(C)N1CCCC1. The molecule has 0 spiro atoms. The smallest absolute Gasteiger partial charge is 0.154 e. The van der Waals surface area contributed by atoms with Crippen LogP contribution in [0.2, 0.25) is 0 Å². The Bertz CT molecular complexity index is 412. The molecule has 1 aromatic carbocycles. The highest BCUT2D eigenvalue weighted by Gasteiger charge is 2.24. The van der Waals surface area contributed by atoms with Crippen molar-refractivity contribution in [2.45, 2.75) is 46.1 Å². The molecule has 0 N–H and O–H groups in total. The predicted octanol–water partition coefficient (Wildman–Crippen LogP) is 2.90. The predicted molar refractivity (Wildman–Crippen MR) is 74.9 cm³/mol. The van der Waals surface area contributed by atoms with Gasteiger partial charge in [0.2, 0.25) is 0 Å². The summed E-state index contributed by atoms with van der Waals surface area (Å²) in [6, 6.07) is 6.32. The second-order valence-corrected chi connectivity index (χ2v) is 5.43. The molecule has 1 heterocycles. The normalized spacial score (nSPS) is 17.9. The fourth-order valence-corrected chi connectivity index (χ4v) is 2.78. The van der Waals surface area contributed by atoms with Crippen molar-refractivity contribution in [1.82, 2.24) is 4.90 Å². The van der Waals surface area contributed by atoms with E-state index in [9.17, 15) is 4.79 Å². The van der Waals surface area contributed by atoms with Crippen molar-refractivity contribution in [2.24, 2.45) is 0 Å². The number of hydrogen-bond acceptors (Lipinski definition) is 2. The molecule has 2 nitrogen and oxygen atoms in total. The highest BCUT2D eigenvalue weighted by Crippen LogP contribution is 2.18. The molecule has 0 bridgehead atoms. The first-order valence-electron chi connectivity index (χ1n) is 6.91. The minimum absolute atomic E-state index is 0.0755. The van der Waals surface area contributed by atoms with Crippen LogP contribution in [0, 0.1) is 13.8 Å². The van der Waals surface area contributed by atoms with Crippen molar-refractivity contribution in [3.8, 4) is 0 Å². The van der Waals surface area contributed by atoms with Gasteiger partial charge in [0.25, 0.3) is 0 Å². The summed E-state index contributed by atoms with van der Waals surface area (Å²) in [7, 11) is 0. The van der Waals surface area contributed by atoms with Gasteiger partial charge in [-0.2, -0.15) is 0 Å². The van der Waals surface area contributed by atoms with E-state index in [0.717, 1.165) is 13.1 Å². The van der Waals surface area contributed by atoms with Gasteiger partial charge < -0.3 is 0 Å². The standard InChI is InChI=1S/C16H23NO/c1-12-7-6-8-13(2)15(12)11-16(18)14(3)17-9-4-5-10-17/h6-8,14H,4-5,9-11H2,1-3H3. The number of ketones is 1. The van der Waals surface area contributed by atoms with Crippen molar-refractivity contribution in [3.63, 3.8) is 0 Å². The highest BCUT2D eigenvalue weighted by atomic mass is 16.1. The lowest BCUT2D eigenvalue weighted by Crippen LogP contribution is -2.37. The van der Waals surface area contributed by atoms with Gasteiger partial charge >= 0.3 is 0 Å². The molecule has 2 heteroatoms. The number of carbonyl (C=O) groups is 1. The maximum Gasteiger partial charge on any atom is 0.154 e. The Labute approximate surface area is 110 Å². The number of carbonyl (C=O) groups excluding carboxylic acids is 1. The van der Waals surface area contributed by atoms with Crippen LogP contribution in [-0.2, 0) is 11.2 Å². The maximum atomic E-state index is 12.4. The molecule has 1 atom stereocenters. The number of rotatable bonds is 4. The van der Waals surface area contributed by atoms with E-state index in [1.807, 2.05) is 0 Å². The topological polar surface area (TPSA) is 20.3 Å². The molecule has 1 saturated heterocycles. The number of aryl methyl sites for hydroxylation is 2. The van der Waals surface area contributed by atoms with Crippen LogP contribution in [0.3, 0.4) is 0 Å². The first-order chi connectivity index (χ1) is 8.59. The summed E-state index contributed by atoms with van der Waals surface area (Å²) in [5.74, 6) is 0.356. The summed E-state index contributed by atoms with van der Waals surface area (Å²) in [4.78, 5) is 14.7. The Balaban J connectivity index is 2.06. The van der Waals surface area contributed by atoms with E-state index in [1.54, 1.807) is 0 Å². The first kappa shape index (κ1) is 13.3. The van der Waals surface area contributed by atoms with Crippen LogP contribution in [0.4, 0.5) is 0 Å². The van der Waals surface area contributed by atoms with Gasteiger partial charge in [-0.15, -0.1) is 0 Å². The summed E-state index contributed by atoms with van der Waals surface area (Å²) in [6.45, 7) is 8.41. The van der Waals surface area contributed by atoms with Crippen molar-refractivity contribution in [2.75, 3.05) is 13.1 Å². The Morgan fingerprint density at radius 2 is 1.78 bits per heavy atom. The van der Waals surface area contributed by atoms with E-state index >= 15 is 0 Å². The fraction of sp³-hybridized carbons (Fsp3) is 0.562. The molecule has 0 amide bonds. The zero-order chi connectivity index (χ0) is 13.1. The van der Waals surface area contributed by atoms with Crippen LogP contribution < -0.4 is 0 Å². The highest BCUT2D eigenvalue weighted by molar-refractivity contribution is 5.86. The Kier molecular flexibility index (Phi) is 4.18. The zero-order valence-electron chi connectivity index (χ0n) is 11.7. The van der Waals surface area contributed by atoms with E-state index in [1.165, 1.54) is 29.5 Å².